The average molecular weight is 437 g/mol. The lowest BCUT2D eigenvalue weighted by Gasteiger charge is -2.35. The normalized spacial score (nSPS) is 20.4. The van der Waals surface area contributed by atoms with Crippen LogP contribution in [0.1, 0.15) is 42.2 Å². The van der Waals surface area contributed by atoms with Crippen LogP contribution in [-0.2, 0) is 9.59 Å². The van der Waals surface area contributed by atoms with Crippen molar-refractivity contribution in [2.75, 3.05) is 28.4 Å². The van der Waals surface area contributed by atoms with Gasteiger partial charge in [-0.1, -0.05) is 6.07 Å². The molecule has 7 nitrogen and oxygen atoms in total. The van der Waals surface area contributed by atoms with E-state index < -0.39 is 0 Å². The number of benzene rings is 2. The first kappa shape index (κ1) is 21.7. The third-order valence-electron chi connectivity index (χ3n) is 6.23. The van der Waals surface area contributed by atoms with Gasteiger partial charge in [-0.2, -0.15) is 0 Å². The Labute approximate surface area is 187 Å². The van der Waals surface area contributed by atoms with E-state index in [2.05, 4.69) is 5.32 Å². The number of rotatable bonds is 6. The van der Waals surface area contributed by atoms with Gasteiger partial charge in [0, 0.05) is 35.6 Å². The summed E-state index contributed by atoms with van der Waals surface area (Å²) in [6.45, 7) is 0. The lowest BCUT2D eigenvalue weighted by molar-refractivity contribution is -0.122. The molecular weight excluding hydrogens is 410 g/mol. The van der Waals surface area contributed by atoms with Crippen LogP contribution in [-0.4, -0.2) is 40.1 Å². The Morgan fingerprint density at radius 1 is 0.781 bits per heavy atom. The van der Waals surface area contributed by atoms with Crippen molar-refractivity contribution in [3.8, 4) is 23.0 Å². The van der Waals surface area contributed by atoms with Crippen LogP contribution < -0.4 is 24.3 Å². The second-order valence-corrected chi connectivity index (χ2v) is 7.95. The average Bonchev–Trinajstić information content (AvgIpc) is 2.82. The van der Waals surface area contributed by atoms with Gasteiger partial charge in [-0.3, -0.25) is 9.59 Å². The quantitative estimate of drug-likeness (QED) is 0.742. The fourth-order valence-corrected chi connectivity index (χ4v) is 4.68. The second-order valence-electron chi connectivity index (χ2n) is 7.95. The van der Waals surface area contributed by atoms with Crippen molar-refractivity contribution in [2.24, 2.45) is 0 Å². The molecule has 2 aromatic carbocycles. The van der Waals surface area contributed by atoms with E-state index in [1.165, 1.54) is 0 Å². The molecule has 1 amide bonds. The van der Waals surface area contributed by atoms with Gasteiger partial charge in [0.2, 0.25) is 5.91 Å². The molecule has 4 rings (SSSR count). The summed E-state index contributed by atoms with van der Waals surface area (Å²) in [5.74, 6) is 2.01. The highest BCUT2D eigenvalue weighted by molar-refractivity contribution is 6.02. The SMILES string of the molecule is COc1ccc(OC)c(C2CC(=O)NC3=C2C(=O)CC(c2ccc(OC)c(OC)c2)C3)c1. The van der Waals surface area contributed by atoms with Crippen molar-refractivity contribution < 1.29 is 28.5 Å². The van der Waals surface area contributed by atoms with Crippen LogP contribution in [0, 0.1) is 0 Å². The van der Waals surface area contributed by atoms with E-state index in [1.807, 2.05) is 24.3 Å². The van der Waals surface area contributed by atoms with E-state index in [1.54, 1.807) is 40.6 Å². The van der Waals surface area contributed by atoms with Crippen LogP contribution in [0.4, 0.5) is 0 Å². The first-order valence-corrected chi connectivity index (χ1v) is 10.5. The summed E-state index contributed by atoms with van der Waals surface area (Å²) >= 11 is 0. The molecule has 0 bridgehead atoms. The lowest BCUT2D eigenvalue weighted by Crippen LogP contribution is -2.38. The number of nitrogens with one attached hydrogen (secondary N) is 1. The van der Waals surface area contributed by atoms with Crippen molar-refractivity contribution in [2.45, 2.75) is 31.1 Å². The maximum Gasteiger partial charge on any atom is 0.225 e. The van der Waals surface area contributed by atoms with Crippen LogP contribution >= 0.6 is 0 Å². The predicted octanol–water partition coefficient (Wildman–Crippen LogP) is 3.73. The van der Waals surface area contributed by atoms with Gasteiger partial charge in [-0.15, -0.1) is 0 Å². The predicted molar refractivity (Wildman–Crippen MR) is 119 cm³/mol. The number of ether oxygens (including phenoxy) is 4. The van der Waals surface area contributed by atoms with Crippen molar-refractivity contribution >= 4 is 11.7 Å². The molecule has 2 unspecified atom stereocenters. The molecule has 0 fully saturated rings. The van der Waals surface area contributed by atoms with E-state index in [0.29, 0.717) is 47.1 Å². The van der Waals surface area contributed by atoms with Crippen LogP contribution in [0.2, 0.25) is 0 Å². The minimum Gasteiger partial charge on any atom is -0.497 e. The van der Waals surface area contributed by atoms with Crippen LogP contribution in [0.5, 0.6) is 23.0 Å². The second kappa shape index (κ2) is 8.94. The van der Waals surface area contributed by atoms with Crippen molar-refractivity contribution in [1.82, 2.24) is 5.32 Å². The molecule has 1 aliphatic heterocycles. The summed E-state index contributed by atoms with van der Waals surface area (Å²) in [7, 11) is 6.34. The summed E-state index contributed by atoms with van der Waals surface area (Å²) in [5, 5.41) is 2.96. The zero-order valence-electron chi connectivity index (χ0n) is 18.7. The van der Waals surface area contributed by atoms with Gasteiger partial charge >= 0.3 is 0 Å². The van der Waals surface area contributed by atoms with E-state index in [0.717, 1.165) is 11.1 Å². The van der Waals surface area contributed by atoms with Gasteiger partial charge in [0.25, 0.3) is 0 Å². The zero-order chi connectivity index (χ0) is 22.8. The Morgan fingerprint density at radius 3 is 2.19 bits per heavy atom. The number of carbonyl (C=O) groups is 2. The Hall–Kier alpha value is -3.48. The highest BCUT2D eigenvalue weighted by Gasteiger charge is 2.39. The van der Waals surface area contributed by atoms with Gasteiger partial charge < -0.3 is 24.3 Å². The molecule has 0 saturated heterocycles. The third-order valence-corrected chi connectivity index (χ3v) is 6.23. The third kappa shape index (κ3) is 3.90. The van der Waals surface area contributed by atoms with Crippen LogP contribution in [0.25, 0.3) is 0 Å². The molecule has 2 atom stereocenters. The molecule has 2 aliphatic rings. The number of methoxy groups -OCH3 is 4. The van der Waals surface area contributed by atoms with Crippen LogP contribution in [0.15, 0.2) is 47.7 Å². The Balaban J connectivity index is 1.73. The molecular formula is C25H27NO6. The molecule has 1 N–H and O–H groups in total. The highest BCUT2D eigenvalue weighted by Crippen LogP contribution is 2.46. The Morgan fingerprint density at radius 2 is 1.50 bits per heavy atom. The van der Waals surface area contributed by atoms with Gasteiger partial charge in [-0.05, 0) is 48.2 Å². The van der Waals surface area contributed by atoms with Gasteiger partial charge in [0.1, 0.15) is 11.5 Å². The Kier molecular flexibility index (Phi) is 6.08. The van der Waals surface area contributed by atoms with E-state index in [-0.39, 0.29) is 29.9 Å². The van der Waals surface area contributed by atoms with E-state index >= 15 is 0 Å². The van der Waals surface area contributed by atoms with E-state index in [9.17, 15) is 9.59 Å². The number of allylic oxidation sites excluding steroid dienone is 2. The summed E-state index contributed by atoms with van der Waals surface area (Å²) in [5.41, 5.74) is 3.10. The molecule has 7 heteroatoms. The number of hydrogen-bond acceptors (Lipinski definition) is 6. The molecule has 0 spiro atoms. The topological polar surface area (TPSA) is 83.1 Å². The van der Waals surface area contributed by atoms with Crippen molar-refractivity contribution in [1.29, 1.82) is 0 Å². The summed E-state index contributed by atoms with van der Waals surface area (Å²) < 4.78 is 21.7. The number of ketones is 1. The minimum atomic E-state index is -0.373. The zero-order valence-corrected chi connectivity index (χ0v) is 18.7. The van der Waals surface area contributed by atoms with E-state index in [4.69, 9.17) is 18.9 Å². The van der Waals surface area contributed by atoms with Gasteiger partial charge in [-0.25, -0.2) is 0 Å². The number of amides is 1. The first-order valence-electron chi connectivity index (χ1n) is 10.5. The fraction of sp³-hybridized carbons (Fsp3) is 0.360. The maximum atomic E-state index is 13.4. The minimum absolute atomic E-state index is 0.0286. The van der Waals surface area contributed by atoms with Crippen LogP contribution in [0.3, 0.4) is 0 Å². The smallest absolute Gasteiger partial charge is 0.225 e. The van der Waals surface area contributed by atoms with Crippen molar-refractivity contribution in [3.63, 3.8) is 0 Å². The molecule has 2 aromatic rings. The van der Waals surface area contributed by atoms with Crippen molar-refractivity contribution in [3.05, 3.63) is 58.8 Å². The molecule has 0 saturated carbocycles. The first-order chi connectivity index (χ1) is 15.5. The summed E-state index contributed by atoms with van der Waals surface area (Å²) in [4.78, 5) is 26.0. The summed E-state index contributed by atoms with van der Waals surface area (Å²) in [6, 6.07) is 11.1. The van der Waals surface area contributed by atoms with Gasteiger partial charge in [0.15, 0.2) is 17.3 Å². The maximum absolute atomic E-state index is 13.4. The number of hydrogen-bond donors (Lipinski definition) is 1. The summed E-state index contributed by atoms with van der Waals surface area (Å²) in [6.07, 6.45) is 1.10. The largest absolute Gasteiger partial charge is 0.497 e. The highest BCUT2D eigenvalue weighted by atomic mass is 16.5. The van der Waals surface area contributed by atoms with Gasteiger partial charge in [0.05, 0.1) is 28.4 Å². The molecule has 1 aliphatic carbocycles. The molecule has 0 radical (unpaired) electrons. The molecule has 0 aromatic heterocycles. The Bertz CT molecular complexity index is 1090. The molecule has 32 heavy (non-hydrogen) atoms. The fourth-order valence-electron chi connectivity index (χ4n) is 4.68. The number of carbonyl (C=O) groups excluding carboxylic acids is 2. The molecule has 1 heterocycles. The molecule has 168 valence electrons. The number of Topliss-reactive ketones (excluding diaryl/α,β-unsaturated/α-hetero) is 1. The monoisotopic (exact) mass is 437 g/mol. The standard InChI is InChI=1S/C25H27NO6/c1-29-16-6-8-21(30-2)17(12-16)18-13-24(28)26-19-9-15(10-20(27)25(18)19)14-5-7-22(31-3)23(11-14)32-4/h5-8,11-12,15,18H,9-10,13H2,1-4H3,(H,26,28). The lowest BCUT2D eigenvalue weighted by atomic mass is 9.73.